The van der Waals surface area contributed by atoms with Gasteiger partial charge in [-0.2, -0.15) is 0 Å². The minimum atomic E-state index is -4.49. The van der Waals surface area contributed by atoms with E-state index in [1.54, 1.807) is 0 Å². The molecule has 0 aliphatic heterocycles. The standard InChI is InChI=1S/C12H8F2N2O4S/c13-9-4-7(12(17)18)5-10(11(9)14)21(19,20)16-8-2-1-3-15-6-8/h1-6,16H,(H,17,18). The fourth-order valence-electron chi connectivity index (χ4n) is 1.52. The number of carboxylic acid groups (broad SMARTS) is 1. The number of carbonyl (C=O) groups is 1. The van der Waals surface area contributed by atoms with E-state index in [9.17, 15) is 22.0 Å². The van der Waals surface area contributed by atoms with Crippen molar-refractivity contribution >= 4 is 21.7 Å². The van der Waals surface area contributed by atoms with Gasteiger partial charge in [0.15, 0.2) is 11.6 Å². The van der Waals surface area contributed by atoms with E-state index in [0.717, 1.165) is 6.20 Å². The van der Waals surface area contributed by atoms with Crippen LogP contribution in [0.1, 0.15) is 10.4 Å². The number of anilines is 1. The molecule has 0 saturated heterocycles. The van der Waals surface area contributed by atoms with Crippen LogP contribution >= 0.6 is 0 Å². The summed E-state index contributed by atoms with van der Waals surface area (Å²) in [5.41, 5.74) is -0.654. The molecule has 0 aliphatic rings. The van der Waals surface area contributed by atoms with Crippen LogP contribution in [0.3, 0.4) is 0 Å². The summed E-state index contributed by atoms with van der Waals surface area (Å²) in [6.07, 6.45) is 2.55. The average molecular weight is 314 g/mol. The highest BCUT2D eigenvalue weighted by atomic mass is 32.2. The molecule has 2 rings (SSSR count). The van der Waals surface area contributed by atoms with E-state index in [1.807, 2.05) is 4.72 Å². The van der Waals surface area contributed by atoms with Crippen molar-refractivity contribution in [1.82, 2.24) is 4.98 Å². The van der Waals surface area contributed by atoms with Crippen LogP contribution in [0.15, 0.2) is 41.6 Å². The molecule has 0 atom stereocenters. The summed E-state index contributed by atoms with van der Waals surface area (Å²) in [5.74, 6) is -4.80. The highest BCUT2D eigenvalue weighted by Gasteiger charge is 2.24. The van der Waals surface area contributed by atoms with Gasteiger partial charge in [-0.15, -0.1) is 0 Å². The number of nitrogens with one attached hydrogen (secondary N) is 1. The second-order valence-corrected chi connectivity index (χ2v) is 5.57. The molecule has 0 amide bonds. The molecule has 1 aromatic carbocycles. The molecule has 6 nitrogen and oxygen atoms in total. The third kappa shape index (κ3) is 3.14. The smallest absolute Gasteiger partial charge is 0.335 e. The monoisotopic (exact) mass is 314 g/mol. The summed E-state index contributed by atoms with van der Waals surface area (Å²) in [4.78, 5) is 13.4. The maximum absolute atomic E-state index is 13.6. The second kappa shape index (κ2) is 5.44. The fourth-order valence-corrected chi connectivity index (χ4v) is 2.67. The number of aromatic nitrogens is 1. The summed E-state index contributed by atoms with van der Waals surface area (Å²) in [6.45, 7) is 0. The van der Waals surface area contributed by atoms with Crippen molar-refractivity contribution in [2.75, 3.05) is 4.72 Å². The minimum absolute atomic E-state index is 0.0260. The molecular formula is C12H8F2N2O4S. The number of hydrogen-bond donors (Lipinski definition) is 2. The third-order valence-corrected chi connectivity index (χ3v) is 3.83. The van der Waals surface area contributed by atoms with Crippen LogP contribution in [0.5, 0.6) is 0 Å². The van der Waals surface area contributed by atoms with Gasteiger partial charge in [0.25, 0.3) is 10.0 Å². The van der Waals surface area contributed by atoms with Crippen LogP contribution in [0.2, 0.25) is 0 Å². The Bertz CT molecular complexity index is 794. The van der Waals surface area contributed by atoms with Crippen LogP contribution in [0.25, 0.3) is 0 Å². The van der Waals surface area contributed by atoms with E-state index < -0.39 is 38.1 Å². The van der Waals surface area contributed by atoms with E-state index in [-0.39, 0.29) is 5.69 Å². The molecule has 110 valence electrons. The zero-order valence-corrected chi connectivity index (χ0v) is 11.1. The lowest BCUT2D eigenvalue weighted by atomic mass is 10.2. The molecule has 2 N–H and O–H groups in total. The van der Waals surface area contributed by atoms with Gasteiger partial charge < -0.3 is 5.11 Å². The van der Waals surface area contributed by atoms with Crippen LogP contribution in [-0.4, -0.2) is 24.5 Å². The molecule has 1 aromatic heterocycles. The van der Waals surface area contributed by atoms with Gasteiger partial charge >= 0.3 is 5.97 Å². The van der Waals surface area contributed by atoms with Gasteiger partial charge in [0.2, 0.25) is 0 Å². The van der Waals surface area contributed by atoms with Crippen molar-refractivity contribution in [3.8, 4) is 0 Å². The highest BCUT2D eigenvalue weighted by Crippen LogP contribution is 2.22. The zero-order valence-electron chi connectivity index (χ0n) is 10.2. The van der Waals surface area contributed by atoms with Crippen LogP contribution in [0, 0.1) is 11.6 Å². The number of benzene rings is 1. The maximum Gasteiger partial charge on any atom is 0.335 e. The van der Waals surface area contributed by atoms with Gasteiger partial charge in [-0.3, -0.25) is 9.71 Å². The minimum Gasteiger partial charge on any atom is -0.478 e. The van der Waals surface area contributed by atoms with Crippen molar-refractivity contribution in [3.05, 3.63) is 53.9 Å². The molecule has 21 heavy (non-hydrogen) atoms. The van der Waals surface area contributed by atoms with Crippen LogP contribution in [0.4, 0.5) is 14.5 Å². The molecular weight excluding hydrogens is 306 g/mol. The molecule has 0 aliphatic carbocycles. The zero-order chi connectivity index (χ0) is 15.6. The summed E-state index contributed by atoms with van der Waals surface area (Å²) in [6, 6.07) is 3.72. The molecule has 1 heterocycles. The number of nitrogens with zero attached hydrogens (tertiary/aromatic N) is 1. The maximum atomic E-state index is 13.6. The molecule has 9 heteroatoms. The van der Waals surface area contributed by atoms with E-state index in [1.165, 1.54) is 18.3 Å². The lowest BCUT2D eigenvalue weighted by molar-refractivity contribution is 0.0696. The van der Waals surface area contributed by atoms with Crippen LogP contribution in [-0.2, 0) is 10.0 Å². The number of aromatic carboxylic acids is 1. The number of rotatable bonds is 4. The molecule has 0 spiro atoms. The molecule has 0 saturated carbocycles. The Morgan fingerprint density at radius 1 is 1.29 bits per heavy atom. The Morgan fingerprint density at radius 2 is 2.00 bits per heavy atom. The number of sulfonamides is 1. The fraction of sp³-hybridized carbons (Fsp3) is 0. The lowest BCUT2D eigenvalue weighted by Crippen LogP contribution is -2.16. The van der Waals surface area contributed by atoms with Gasteiger partial charge in [0.1, 0.15) is 4.90 Å². The Balaban J connectivity index is 2.52. The molecule has 0 unspecified atom stereocenters. The van der Waals surface area contributed by atoms with Crippen molar-refractivity contribution in [1.29, 1.82) is 0 Å². The SMILES string of the molecule is O=C(O)c1cc(F)c(F)c(S(=O)(=O)Nc2cccnc2)c1. The Morgan fingerprint density at radius 3 is 2.57 bits per heavy atom. The van der Waals surface area contributed by atoms with Gasteiger partial charge in [-0.25, -0.2) is 22.0 Å². The molecule has 0 bridgehead atoms. The van der Waals surface area contributed by atoms with Crippen molar-refractivity contribution in [2.45, 2.75) is 4.90 Å². The molecule has 0 radical (unpaired) electrons. The van der Waals surface area contributed by atoms with E-state index >= 15 is 0 Å². The van der Waals surface area contributed by atoms with Gasteiger partial charge in [-0.05, 0) is 24.3 Å². The predicted molar refractivity (Wildman–Crippen MR) is 68.4 cm³/mol. The second-order valence-electron chi connectivity index (χ2n) is 3.92. The highest BCUT2D eigenvalue weighted by molar-refractivity contribution is 7.92. The number of halogens is 2. The normalized spacial score (nSPS) is 11.1. The lowest BCUT2D eigenvalue weighted by Gasteiger charge is -2.09. The van der Waals surface area contributed by atoms with Gasteiger partial charge in [0.05, 0.1) is 17.4 Å². The summed E-state index contributed by atoms with van der Waals surface area (Å²) >= 11 is 0. The first kappa shape index (κ1) is 14.9. The van der Waals surface area contributed by atoms with Crippen molar-refractivity contribution in [2.24, 2.45) is 0 Å². The number of carboxylic acids is 1. The Labute approximate surface area is 118 Å². The predicted octanol–water partition coefficient (Wildman–Crippen LogP) is 1.86. The first-order valence-electron chi connectivity index (χ1n) is 5.46. The summed E-state index contributed by atoms with van der Waals surface area (Å²) in [5, 5.41) is 8.77. The van der Waals surface area contributed by atoms with Gasteiger partial charge in [0, 0.05) is 6.20 Å². The summed E-state index contributed by atoms with van der Waals surface area (Å²) < 4.78 is 53.0. The molecule has 0 fully saturated rings. The third-order valence-electron chi connectivity index (χ3n) is 2.45. The first-order valence-corrected chi connectivity index (χ1v) is 6.95. The Kier molecular flexibility index (Phi) is 3.85. The number of hydrogen-bond acceptors (Lipinski definition) is 4. The Hall–Kier alpha value is -2.55. The average Bonchev–Trinajstić information content (AvgIpc) is 2.41. The van der Waals surface area contributed by atoms with E-state index in [4.69, 9.17) is 5.11 Å². The topological polar surface area (TPSA) is 96.4 Å². The van der Waals surface area contributed by atoms with Gasteiger partial charge in [-0.1, -0.05) is 0 Å². The largest absolute Gasteiger partial charge is 0.478 e. The van der Waals surface area contributed by atoms with E-state index in [2.05, 4.69) is 4.98 Å². The van der Waals surface area contributed by atoms with Crippen molar-refractivity contribution in [3.63, 3.8) is 0 Å². The van der Waals surface area contributed by atoms with Crippen LogP contribution < -0.4 is 4.72 Å². The number of pyridine rings is 1. The molecule has 2 aromatic rings. The quantitative estimate of drug-likeness (QED) is 0.898. The van der Waals surface area contributed by atoms with Crippen molar-refractivity contribution < 1.29 is 27.1 Å². The van der Waals surface area contributed by atoms with E-state index in [0.29, 0.717) is 12.1 Å². The summed E-state index contributed by atoms with van der Waals surface area (Å²) in [7, 11) is -4.49. The first-order chi connectivity index (χ1) is 9.81.